The number of ether oxygens (including phenoxy) is 1. The van der Waals surface area contributed by atoms with Crippen LogP contribution >= 0.6 is 11.6 Å². The average Bonchev–Trinajstić information content (AvgIpc) is 2.91. The van der Waals surface area contributed by atoms with E-state index in [1.165, 1.54) is 12.1 Å². The number of benzene rings is 2. The Morgan fingerprint density at radius 3 is 2.70 bits per heavy atom. The lowest BCUT2D eigenvalue weighted by Gasteiger charge is -2.18. The first kappa shape index (κ1) is 13.4. The number of hydrazine groups is 1. The van der Waals surface area contributed by atoms with Crippen molar-refractivity contribution in [3.8, 4) is 5.75 Å². The van der Waals surface area contributed by atoms with Gasteiger partial charge in [0.05, 0.1) is 17.7 Å². The summed E-state index contributed by atoms with van der Waals surface area (Å²) in [7, 11) is 0. The number of fused-ring (bicyclic) bond motifs is 1. The van der Waals surface area contributed by atoms with Gasteiger partial charge >= 0.3 is 0 Å². The van der Waals surface area contributed by atoms with E-state index in [4.69, 9.17) is 22.2 Å². The molecule has 0 fully saturated rings. The van der Waals surface area contributed by atoms with E-state index >= 15 is 0 Å². The predicted molar refractivity (Wildman–Crippen MR) is 76.2 cm³/mol. The minimum Gasteiger partial charge on any atom is -0.493 e. The van der Waals surface area contributed by atoms with E-state index in [-0.39, 0.29) is 11.1 Å². The van der Waals surface area contributed by atoms with Crippen molar-refractivity contribution in [2.75, 3.05) is 6.61 Å². The number of halogens is 2. The molecule has 0 aliphatic carbocycles. The van der Waals surface area contributed by atoms with Crippen LogP contribution in [0.4, 0.5) is 4.39 Å². The highest BCUT2D eigenvalue weighted by atomic mass is 35.5. The van der Waals surface area contributed by atoms with Crippen LogP contribution in [-0.4, -0.2) is 6.61 Å². The van der Waals surface area contributed by atoms with Crippen molar-refractivity contribution < 1.29 is 9.13 Å². The molecule has 3 rings (SSSR count). The first-order chi connectivity index (χ1) is 9.69. The molecule has 1 heterocycles. The normalized spacial score (nSPS) is 14.8. The van der Waals surface area contributed by atoms with Crippen molar-refractivity contribution in [2.45, 2.75) is 12.5 Å². The van der Waals surface area contributed by atoms with Gasteiger partial charge in [0.2, 0.25) is 0 Å². The number of nitrogens with one attached hydrogen (secondary N) is 1. The Labute approximate surface area is 121 Å². The van der Waals surface area contributed by atoms with Crippen LogP contribution in [0.5, 0.6) is 5.75 Å². The van der Waals surface area contributed by atoms with E-state index in [9.17, 15) is 4.39 Å². The van der Waals surface area contributed by atoms with Crippen molar-refractivity contribution >= 4 is 11.6 Å². The van der Waals surface area contributed by atoms with E-state index < -0.39 is 5.82 Å². The fourth-order valence-corrected chi connectivity index (χ4v) is 2.58. The van der Waals surface area contributed by atoms with Gasteiger partial charge in [-0.05, 0) is 34.9 Å². The van der Waals surface area contributed by atoms with Crippen LogP contribution in [0.25, 0.3) is 0 Å². The molecule has 3 nitrogen and oxygen atoms in total. The second-order valence-corrected chi connectivity index (χ2v) is 5.15. The van der Waals surface area contributed by atoms with Crippen molar-refractivity contribution in [1.82, 2.24) is 5.43 Å². The third kappa shape index (κ3) is 2.38. The van der Waals surface area contributed by atoms with E-state index in [2.05, 4.69) is 5.43 Å². The molecule has 1 atom stereocenters. The molecular formula is C15H14ClFN2O. The largest absolute Gasteiger partial charge is 0.493 e. The maximum Gasteiger partial charge on any atom is 0.142 e. The Morgan fingerprint density at radius 1 is 1.20 bits per heavy atom. The third-order valence-electron chi connectivity index (χ3n) is 3.49. The fraction of sp³-hybridized carbons (Fsp3) is 0.200. The minimum atomic E-state index is -0.450. The van der Waals surface area contributed by atoms with Crippen LogP contribution in [0.1, 0.15) is 22.7 Å². The Kier molecular flexibility index (Phi) is 3.61. The summed E-state index contributed by atoms with van der Waals surface area (Å²) in [5.41, 5.74) is 5.57. The number of rotatable bonds is 3. The monoisotopic (exact) mass is 292 g/mol. The quantitative estimate of drug-likeness (QED) is 0.675. The highest BCUT2D eigenvalue weighted by molar-refractivity contribution is 6.30. The predicted octanol–water partition coefficient (Wildman–Crippen LogP) is 2.97. The zero-order chi connectivity index (χ0) is 14.1. The molecule has 0 saturated carbocycles. The Hall–Kier alpha value is -1.62. The SMILES string of the molecule is NNC(c1ccc(Cl)c(F)c1)c1ccc2c(c1)CCO2. The molecule has 20 heavy (non-hydrogen) atoms. The average molecular weight is 293 g/mol. The number of nitrogens with two attached hydrogens (primary N) is 1. The second-order valence-electron chi connectivity index (χ2n) is 4.74. The maximum atomic E-state index is 13.6. The summed E-state index contributed by atoms with van der Waals surface area (Å²) in [6.45, 7) is 0.703. The lowest BCUT2D eigenvalue weighted by atomic mass is 9.97. The first-order valence-electron chi connectivity index (χ1n) is 6.36. The molecule has 0 saturated heterocycles. The topological polar surface area (TPSA) is 47.3 Å². The second kappa shape index (κ2) is 5.40. The summed E-state index contributed by atoms with van der Waals surface area (Å²) in [6.07, 6.45) is 0.884. The van der Waals surface area contributed by atoms with Crippen molar-refractivity contribution in [3.05, 3.63) is 63.9 Å². The van der Waals surface area contributed by atoms with Gasteiger partial charge in [-0.2, -0.15) is 0 Å². The third-order valence-corrected chi connectivity index (χ3v) is 3.80. The zero-order valence-corrected chi connectivity index (χ0v) is 11.5. The van der Waals surface area contributed by atoms with Gasteiger partial charge in [-0.25, -0.2) is 9.82 Å². The summed E-state index contributed by atoms with van der Waals surface area (Å²) in [5, 5.41) is 0.104. The Morgan fingerprint density at radius 2 is 1.95 bits per heavy atom. The van der Waals surface area contributed by atoms with Crippen LogP contribution in [-0.2, 0) is 6.42 Å². The van der Waals surface area contributed by atoms with Gasteiger partial charge in [-0.3, -0.25) is 5.84 Å². The summed E-state index contributed by atoms with van der Waals surface area (Å²) < 4.78 is 19.1. The van der Waals surface area contributed by atoms with Gasteiger partial charge in [0.1, 0.15) is 11.6 Å². The fourth-order valence-electron chi connectivity index (χ4n) is 2.46. The Balaban J connectivity index is 1.98. The van der Waals surface area contributed by atoms with E-state index in [1.807, 2.05) is 18.2 Å². The molecule has 1 unspecified atom stereocenters. The zero-order valence-electron chi connectivity index (χ0n) is 10.7. The van der Waals surface area contributed by atoms with Crippen LogP contribution < -0.4 is 16.0 Å². The van der Waals surface area contributed by atoms with Crippen LogP contribution in [0.3, 0.4) is 0 Å². The molecule has 0 amide bonds. The molecule has 2 aromatic rings. The van der Waals surface area contributed by atoms with Gasteiger partial charge in [-0.1, -0.05) is 29.8 Å². The molecule has 5 heteroatoms. The van der Waals surface area contributed by atoms with Crippen molar-refractivity contribution in [1.29, 1.82) is 0 Å². The molecule has 3 N–H and O–H groups in total. The van der Waals surface area contributed by atoms with Crippen molar-refractivity contribution in [3.63, 3.8) is 0 Å². The first-order valence-corrected chi connectivity index (χ1v) is 6.73. The minimum absolute atomic E-state index is 0.104. The maximum absolute atomic E-state index is 13.6. The van der Waals surface area contributed by atoms with Crippen LogP contribution in [0.15, 0.2) is 36.4 Å². The smallest absolute Gasteiger partial charge is 0.142 e. The molecule has 1 aliphatic heterocycles. The lowest BCUT2D eigenvalue weighted by Crippen LogP contribution is -2.29. The molecule has 0 spiro atoms. The molecular weight excluding hydrogens is 279 g/mol. The highest BCUT2D eigenvalue weighted by Crippen LogP contribution is 2.31. The van der Waals surface area contributed by atoms with Crippen molar-refractivity contribution in [2.24, 2.45) is 5.84 Å². The number of hydrogen-bond acceptors (Lipinski definition) is 3. The summed E-state index contributed by atoms with van der Waals surface area (Å²) >= 11 is 5.71. The number of hydrogen-bond donors (Lipinski definition) is 2. The summed E-state index contributed by atoms with van der Waals surface area (Å²) in [5.74, 6) is 6.09. The summed E-state index contributed by atoms with van der Waals surface area (Å²) in [4.78, 5) is 0. The van der Waals surface area contributed by atoms with Gasteiger partial charge in [0.15, 0.2) is 0 Å². The van der Waals surface area contributed by atoms with E-state index in [1.54, 1.807) is 6.07 Å². The molecule has 0 bridgehead atoms. The lowest BCUT2D eigenvalue weighted by molar-refractivity contribution is 0.357. The van der Waals surface area contributed by atoms with Crippen LogP contribution in [0, 0.1) is 5.82 Å². The van der Waals surface area contributed by atoms with Gasteiger partial charge < -0.3 is 4.74 Å². The van der Waals surface area contributed by atoms with Crippen LogP contribution in [0.2, 0.25) is 5.02 Å². The molecule has 0 aromatic heterocycles. The molecule has 1 aliphatic rings. The molecule has 104 valence electrons. The van der Waals surface area contributed by atoms with E-state index in [0.29, 0.717) is 6.61 Å². The Bertz CT molecular complexity index is 648. The van der Waals surface area contributed by atoms with Gasteiger partial charge in [0.25, 0.3) is 0 Å². The molecule has 0 radical (unpaired) electrons. The van der Waals surface area contributed by atoms with Gasteiger partial charge in [0, 0.05) is 6.42 Å². The van der Waals surface area contributed by atoms with E-state index in [0.717, 1.165) is 28.9 Å². The summed E-state index contributed by atoms with van der Waals surface area (Å²) in [6, 6.07) is 10.3. The molecule has 2 aromatic carbocycles. The van der Waals surface area contributed by atoms with Gasteiger partial charge in [-0.15, -0.1) is 0 Å². The highest BCUT2D eigenvalue weighted by Gasteiger charge is 2.18. The standard InChI is InChI=1S/C15H14ClFN2O/c16-12-3-1-11(8-13(12)17)15(19-18)10-2-4-14-9(7-10)5-6-20-14/h1-4,7-8,15,19H,5-6,18H2.